The van der Waals surface area contributed by atoms with Gasteiger partial charge in [0, 0.05) is 18.3 Å². The number of halogens is 3. The van der Waals surface area contributed by atoms with Crippen LogP contribution in [0.3, 0.4) is 0 Å². The second-order valence-electron chi connectivity index (χ2n) is 5.40. The molecule has 6 heteroatoms. The highest BCUT2D eigenvalue weighted by atomic mass is 19.4. The zero-order valence-corrected chi connectivity index (χ0v) is 11.4. The first-order chi connectivity index (χ1) is 9.36. The number of aromatic nitrogens is 1. The fourth-order valence-electron chi connectivity index (χ4n) is 2.65. The maximum atomic E-state index is 12.7. The molecule has 0 radical (unpaired) electrons. The Labute approximate surface area is 116 Å². The van der Waals surface area contributed by atoms with Crippen molar-refractivity contribution < 1.29 is 18.3 Å². The summed E-state index contributed by atoms with van der Waals surface area (Å²) in [5.41, 5.74) is 1.26. The molecule has 1 aromatic heterocycles. The maximum Gasteiger partial charge on any atom is 0.391 e. The summed E-state index contributed by atoms with van der Waals surface area (Å²) in [5, 5.41) is 12.7. The van der Waals surface area contributed by atoms with Gasteiger partial charge < -0.3 is 10.4 Å². The lowest BCUT2D eigenvalue weighted by molar-refractivity contribution is -0.183. The van der Waals surface area contributed by atoms with E-state index in [1.807, 2.05) is 6.92 Å². The molecule has 1 aliphatic rings. The molecule has 0 aromatic carbocycles. The van der Waals surface area contributed by atoms with Crippen molar-refractivity contribution in [3.8, 4) is 5.75 Å². The van der Waals surface area contributed by atoms with Crippen molar-refractivity contribution in [3.05, 3.63) is 23.5 Å². The van der Waals surface area contributed by atoms with Gasteiger partial charge in [-0.3, -0.25) is 4.98 Å². The molecule has 1 heterocycles. The van der Waals surface area contributed by atoms with E-state index in [1.165, 1.54) is 0 Å². The lowest BCUT2D eigenvalue weighted by Crippen LogP contribution is -2.38. The summed E-state index contributed by atoms with van der Waals surface area (Å²) in [4.78, 5) is 4.19. The zero-order valence-electron chi connectivity index (χ0n) is 11.4. The minimum absolute atomic E-state index is 0.0753. The number of rotatable bonds is 3. The molecule has 0 bridgehead atoms. The molecule has 0 unspecified atom stereocenters. The van der Waals surface area contributed by atoms with Gasteiger partial charge in [0.05, 0.1) is 11.6 Å². The van der Waals surface area contributed by atoms with Gasteiger partial charge in [-0.1, -0.05) is 6.42 Å². The standard InChI is InChI=1S/C14H19F3N2O/c1-9-5-6-13(20)12(19-9)8-18-11-4-2-3-10(7-11)14(15,16)17/h5-6,10-11,18,20H,2-4,7-8H2,1H3/t10-,11-/m1/s1. The number of hydrogen-bond acceptors (Lipinski definition) is 3. The van der Waals surface area contributed by atoms with Crippen LogP contribution in [0.4, 0.5) is 13.2 Å². The van der Waals surface area contributed by atoms with E-state index >= 15 is 0 Å². The normalized spacial score (nSPS) is 23.8. The molecule has 1 aromatic rings. The largest absolute Gasteiger partial charge is 0.506 e. The molecule has 20 heavy (non-hydrogen) atoms. The Kier molecular flexibility index (Phi) is 4.52. The molecular weight excluding hydrogens is 269 g/mol. The Morgan fingerprint density at radius 1 is 1.35 bits per heavy atom. The summed E-state index contributed by atoms with van der Waals surface area (Å²) in [6.45, 7) is 2.10. The summed E-state index contributed by atoms with van der Waals surface area (Å²) >= 11 is 0. The first kappa shape index (κ1) is 15.1. The van der Waals surface area contributed by atoms with Gasteiger partial charge in [0.2, 0.25) is 0 Å². The van der Waals surface area contributed by atoms with Crippen molar-refractivity contribution in [1.82, 2.24) is 10.3 Å². The molecule has 0 amide bonds. The van der Waals surface area contributed by atoms with E-state index < -0.39 is 12.1 Å². The third-order valence-electron chi connectivity index (χ3n) is 3.78. The highest BCUT2D eigenvalue weighted by molar-refractivity contribution is 5.27. The Balaban J connectivity index is 1.92. The van der Waals surface area contributed by atoms with Gasteiger partial charge in [-0.25, -0.2) is 0 Å². The lowest BCUT2D eigenvalue weighted by Gasteiger charge is -2.31. The van der Waals surface area contributed by atoms with Crippen molar-refractivity contribution in [2.24, 2.45) is 5.92 Å². The Bertz CT molecular complexity index is 462. The highest BCUT2D eigenvalue weighted by Crippen LogP contribution is 2.37. The number of alkyl halides is 3. The smallest absolute Gasteiger partial charge is 0.391 e. The van der Waals surface area contributed by atoms with Gasteiger partial charge in [-0.05, 0) is 38.3 Å². The first-order valence-corrected chi connectivity index (χ1v) is 6.82. The summed E-state index contributed by atoms with van der Waals surface area (Å²) in [6, 6.07) is 3.08. The van der Waals surface area contributed by atoms with Crippen LogP contribution in [0, 0.1) is 12.8 Å². The average molecular weight is 288 g/mol. The van der Waals surface area contributed by atoms with Gasteiger partial charge in [0.15, 0.2) is 0 Å². The van der Waals surface area contributed by atoms with E-state index in [0.29, 0.717) is 18.7 Å². The van der Waals surface area contributed by atoms with E-state index in [-0.39, 0.29) is 24.6 Å². The minimum Gasteiger partial charge on any atom is -0.506 e. The molecule has 2 N–H and O–H groups in total. The summed E-state index contributed by atoms with van der Waals surface area (Å²) in [6.07, 6.45) is -2.47. The number of nitrogens with zero attached hydrogens (tertiary/aromatic N) is 1. The number of hydrogen-bond donors (Lipinski definition) is 2. The molecule has 1 aliphatic carbocycles. The molecule has 1 fully saturated rings. The molecule has 2 rings (SSSR count). The molecule has 0 spiro atoms. The maximum absolute atomic E-state index is 12.7. The minimum atomic E-state index is -4.11. The number of aromatic hydroxyl groups is 1. The van der Waals surface area contributed by atoms with Crippen molar-refractivity contribution >= 4 is 0 Å². The van der Waals surface area contributed by atoms with Crippen LogP contribution in [0.2, 0.25) is 0 Å². The molecular formula is C14H19F3N2O. The van der Waals surface area contributed by atoms with Crippen molar-refractivity contribution in [1.29, 1.82) is 0 Å². The second-order valence-corrected chi connectivity index (χ2v) is 5.40. The van der Waals surface area contributed by atoms with Gasteiger partial charge >= 0.3 is 6.18 Å². The van der Waals surface area contributed by atoms with Crippen LogP contribution in [0.1, 0.15) is 37.1 Å². The summed E-state index contributed by atoms with van der Waals surface area (Å²) in [5.74, 6) is -1.14. The van der Waals surface area contributed by atoms with E-state index in [9.17, 15) is 18.3 Å². The Hall–Kier alpha value is -1.30. The van der Waals surface area contributed by atoms with Gasteiger partial charge in [-0.15, -0.1) is 0 Å². The van der Waals surface area contributed by atoms with E-state index in [2.05, 4.69) is 10.3 Å². The van der Waals surface area contributed by atoms with Crippen LogP contribution in [0.25, 0.3) is 0 Å². The molecule has 2 atom stereocenters. The van der Waals surface area contributed by atoms with Crippen molar-refractivity contribution in [2.75, 3.05) is 0 Å². The zero-order chi connectivity index (χ0) is 14.8. The quantitative estimate of drug-likeness (QED) is 0.897. The van der Waals surface area contributed by atoms with E-state index in [4.69, 9.17) is 0 Å². The van der Waals surface area contributed by atoms with Crippen LogP contribution in [-0.4, -0.2) is 22.3 Å². The topological polar surface area (TPSA) is 45.1 Å². The summed E-state index contributed by atoms with van der Waals surface area (Å²) < 4.78 is 38.1. The molecule has 0 aliphatic heterocycles. The van der Waals surface area contributed by atoms with Crippen molar-refractivity contribution in [2.45, 2.75) is 51.4 Å². The summed E-state index contributed by atoms with van der Waals surface area (Å²) in [7, 11) is 0. The lowest BCUT2D eigenvalue weighted by atomic mass is 9.85. The van der Waals surface area contributed by atoms with Crippen LogP contribution in [0.15, 0.2) is 12.1 Å². The average Bonchev–Trinajstić information content (AvgIpc) is 2.39. The Morgan fingerprint density at radius 3 is 2.80 bits per heavy atom. The fraction of sp³-hybridized carbons (Fsp3) is 0.643. The van der Waals surface area contributed by atoms with E-state index in [0.717, 1.165) is 12.1 Å². The highest BCUT2D eigenvalue weighted by Gasteiger charge is 2.42. The number of nitrogens with one attached hydrogen (secondary N) is 1. The molecule has 1 saturated carbocycles. The molecule has 112 valence electrons. The van der Waals surface area contributed by atoms with E-state index in [1.54, 1.807) is 12.1 Å². The Morgan fingerprint density at radius 2 is 2.10 bits per heavy atom. The third kappa shape index (κ3) is 3.85. The van der Waals surface area contributed by atoms with Gasteiger partial charge in [0.1, 0.15) is 5.75 Å². The van der Waals surface area contributed by atoms with Crippen molar-refractivity contribution in [3.63, 3.8) is 0 Å². The SMILES string of the molecule is Cc1ccc(O)c(CN[C@@H]2CCC[C@@H](C(F)(F)F)C2)n1. The van der Waals surface area contributed by atoms with Crippen LogP contribution >= 0.6 is 0 Å². The number of aryl methyl sites for hydroxylation is 1. The van der Waals surface area contributed by atoms with Crippen LogP contribution < -0.4 is 5.32 Å². The predicted octanol–water partition coefficient (Wildman–Crippen LogP) is 3.31. The second kappa shape index (κ2) is 5.99. The third-order valence-corrected chi connectivity index (χ3v) is 3.78. The molecule has 0 saturated heterocycles. The van der Waals surface area contributed by atoms with Gasteiger partial charge in [-0.2, -0.15) is 13.2 Å². The fourth-order valence-corrected chi connectivity index (χ4v) is 2.65. The number of pyridine rings is 1. The molecule has 3 nitrogen and oxygen atoms in total. The van der Waals surface area contributed by atoms with Crippen LogP contribution in [-0.2, 0) is 6.54 Å². The van der Waals surface area contributed by atoms with Crippen LogP contribution in [0.5, 0.6) is 5.75 Å². The first-order valence-electron chi connectivity index (χ1n) is 6.82. The monoisotopic (exact) mass is 288 g/mol. The predicted molar refractivity (Wildman–Crippen MR) is 69.3 cm³/mol. The van der Waals surface area contributed by atoms with Gasteiger partial charge in [0.25, 0.3) is 0 Å².